The van der Waals surface area contributed by atoms with E-state index < -0.39 is 17.5 Å². The molecule has 1 aromatic rings. The van der Waals surface area contributed by atoms with E-state index in [2.05, 4.69) is 5.32 Å². The lowest BCUT2D eigenvalue weighted by Crippen LogP contribution is -2.76. The standard InChI is InChI=1S/C15H20F2N2O/c1-14(2)12(18)15(3,4)13(14)19-11(20)9-6-5-8(16)7-10(9)17/h5-7,12-13H,18H2,1-4H3,(H,19,20). The van der Waals surface area contributed by atoms with Gasteiger partial charge in [-0.05, 0) is 12.1 Å². The molecular weight excluding hydrogens is 262 g/mol. The van der Waals surface area contributed by atoms with Crippen LogP contribution >= 0.6 is 0 Å². The summed E-state index contributed by atoms with van der Waals surface area (Å²) in [6, 6.07) is 2.71. The minimum Gasteiger partial charge on any atom is -0.348 e. The molecule has 3 N–H and O–H groups in total. The van der Waals surface area contributed by atoms with Gasteiger partial charge in [0, 0.05) is 29.0 Å². The lowest BCUT2D eigenvalue weighted by molar-refractivity contribution is -0.0664. The third-order valence-corrected chi connectivity index (χ3v) is 4.54. The first kappa shape index (κ1) is 14.9. The van der Waals surface area contributed by atoms with E-state index in [0.717, 1.165) is 12.1 Å². The van der Waals surface area contributed by atoms with Crippen LogP contribution in [0.15, 0.2) is 18.2 Å². The van der Waals surface area contributed by atoms with Crippen LogP contribution < -0.4 is 11.1 Å². The van der Waals surface area contributed by atoms with Crippen LogP contribution in [-0.4, -0.2) is 18.0 Å². The molecule has 20 heavy (non-hydrogen) atoms. The van der Waals surface area contributed by atoms with E-state index in [4.69, 9.17) is 5.73 Å². The molecule has 5 heteroatoms. The zero-order valence-corrected chi connectivity index (χ0v) is 12.1. The van der Waals surface area contributed by atoms with Gasteiger partial charge in [-0.2, -0.15) is 0 Å². The van der Waals surface area contributed by atoms with Crippen molar-refractivity contribution in [3.8, 4) is 0 Å². The maximum atomic E-state index is 13.6. The minimum absolute atomic E-state index is 0.0571. The predicted molar refractivity (Wildman–Crippen MR) is 73.1 cm³/mol. The summed E-state index contributed by atoms with van der Waals surface area (Å²) >= 11 is 0. The molecule has 2 rings (SSSR count). The molecule has 1 aliphatic rings. The fourth-order valence-corrected chi connectivity index (χ4v) is 3.43. The average molecular weight is 282 g/mol. The highest BCUT2D eigenvalue weighted by Gasteiger charge is 2.60. The van der Waals surface area contributed by atoms with E-state index in [1.165, 1.54) is 0 Å². The maximum Gasteiger partial charge on any atom is 0.254 e. The number of nitrogens with one attached hydrogen (secondary N) is 1. The Morgan fingerprint density at radius 1 is 1.20 bits per heavy atom. The van der Waals surface area contributed by atoms with Gasteiger partial charge >= 0.3 is 0 Å². The number of rotatable bonds is 2. The number of amides is 1. The van der Waals surface area contributed by atoms with Crippen molar-refractivity contribution in [1.82, 2.24) is 5.32 Å². The van der Waals surface area contributed by atoms with Gasteiger partial charge in [0.05, 0.1) is 5.56 Å². The Morgan fingerprint density at radius 3 is 2.25 bits per heavy atom. The summed E-state index contributed by atoms with van der Waals surface area (Å²) in [5, 5.41) is 2.82. The van der Waals surface area contributed by atoms with Gasteiger partial charge in [0.1, 0.15) is 11.6 Å². The Balaban J connectivity index is 2.20. The fraction of sp³-hybridized carbons (Fsp3) is 0.533. The second kappa shape index (κ2) is 4.52. The fourth-order valence-electron chi connectivity index (χ4n) is 3.43. The van der Waals surface area contributed by atoms with Crippen molar-refractivity contribution in [1.29, 1.82) is 0 Å². The lowest BCUT2D eigenvalue weighted by atomic mass is 9.48. The molecule has 0 bridgehead atoms. The van der Waals surface area contributed by atoms with E-state index in [9.17, 15) is 13.6 Å². The first-order chi connectivity index (χ1) is 9.08. The van der Waals surface area contributed by atoms with Crippen LogP contribution in [0.3, 0.4) is 0 Å². The van der Waals surface area contributed by atoms with E-state index in [-0.39, 0.29) is 28.5 Å². The normalized spacial score (nSPS) is 26.8. The first-order valence-electron chi connectivity index (χ1n) is 6.60. The number of nitrogens with two attached hydrogens (primary N) is 1. The Morgan fingerprint density at radius 2 is 1.75 bits per heavy atom. The summed E-state index contributed by atoms with van der Waals surface area (Å²) < 4.78 is 26.5. The molecule has 1 saturated carbocycles. The van der Waals surface area contributed by atoms with Gasteiger partial charge in [-0.1, -0.05) is 27.7 Å². The molecule has 3 nitrogen and oxygen atoms in total. The highest BCUT2D eigenvalue weighted by atomic mass is 19.1. The van der Waals surface area contributed by atoms with Crippen LogP contribution in [-0.2, 0) is 0 Å². The van der Waals surface area contributed by atoms with Crippen LogP contribution in [0.5, 0.6) is 0 Å². The largest absolute Gasteiger partial charge is 0.348 e. The van der Waals surface area contributed by atoms with Crippen molar-refractivity contribution in [2.75, 3.05) is 0 Å². The summed E-state index contributed by atoms with van der Waals surface area (Å²) in [5.41, 5.74) is 5.42. The van der Waals surface area contributed by atoms with Gasteiger partial charge in [-0.25, -0.2) is 8.78 Å². The summed E-state index contributed by atoms with van der Waals surface area (Å²) in [6.45, 7) is 7.87. The van der Waals surface area contributed by atoms with Crippen molar-refractivity contribution in [3.05, 3.63) is 35.4 Å². The van der Waals surface area contributed by atoms with Crippen LogP contribution in [0, 0.1) is 22.5 Å². The molecule has 0 unspecified atom stereocenters. The smallest absolute Gasteiger partial charge is 0.254 e. The SMILES string of the molecule is CC1(C)C(N)C(C)(C)C1NC(=O)c1ccc(F)cc1F. The molecule has 110 valence electrons. The second-order valence-electron chi connectivity index (χ2n) is 6.65. The number of benzene rings is 1. The van der Waals surface area contributed by atoms with Gasteiger partial charge < -0.3 is 11.1 Å². The zero-order valence-electron chi connectivity index (χ0n) is 12.1. The molecule has 0 heterocycles. The zero-order chi connectivity index (χ0) is 15.3. The van der Waals surface area contributed by atoms with E-state index >= 15 is 0 Å². The quantitative estimate of drug-likeness (QED) is 0.875. The Kier molecular flexibility index (Phi) is 3.37. The highest BCUT2D eigenvalue weighted by molar-refractivity contribution is 5.94. The first-order valence-corrected chi connectivity index (χ1v) is 6.60. The molecule has 0 radical (unpaired) electrons. The van der Waals surface area contributed by atoms with E-state index in [0.29, 0.717) is 6.07 Å². The monoisotopic (exact) mass is 282 g/mol. The van der Waals surface area contributed by atoms with Crippen molar-refractivity contribution in [2.24, 2.45) is 16.6 Å². The molecule has 0 spiro atoms. The van der Waals surface area contributed by atoms with Gasteiger partial charge in [0.25, 0.3) is 5.91 Å². The topological polar surface area (TPSA) is 55.1 Å². The van der Waals surface area contributed by atoms with Gasteiger partial charge in [-0.3, -0.25) is 4.79 Å². The van der Waals surface area contributed by atoms with Gasteiger partial charge in [0.2, 0.25) is 0 Å². The molecular formula is C15H20F2N2O. The van der Waals surface area contributed by atoms with Gasteiger partial charge in [0.15, 0.2) is 0 Å². The summed E-state index contributed by atoms with van der Waals surface area (Å²) in [5.74, 6) is -2.10. The summed E-state index contributed by atoms with van der Waals surface area (Å²) in [7, 11) is 0. The third-order valence-electron chi connectivity index (χ3n) is 4.54. The van der Waals surface area contributed by atoms with Crippen LogP contribution in [0.2, 0.25) is 0 Å². The van der Waals surface area contributed by atoms with Crippen molar-refractivity contribution < 1.29 is 13.6 Å². The molecule has 1 amide bonds. The van der Waals surface area contributed by atoms with Crippen LogP contribution in [0.1, 0.15) is 38.1 Å². The second-order valence-corrected chi connectivity index (χ2v) is 6.65. The summed E-state index contributed by atoms with van der Waals surface area (Å²) in [6.07, 6.45) is 0. The maximum absolute atomic E-state index is 13.6. The van der Waals surface area contributed by atoms with E-state index in [1.807, 2.05) is 27.7 Å². The molecule has 1 fully saturated rings. The Labute approximate surface area is 117 Å². The van der Waals surface area contributed by atoms with Crippen molar-refractivity contribution >= 4 is 5.91 Å². The van der Waals surface area contributed by atoms with Crippen molar-refractivity contribution in [3.63, 3.8) is 0 Å². The number of carbonyl (C=O) groups excluding carboxylic acids is 1. The molecule has 0 saturated heterocycles. The predicted octanol–water partition coefficient (Wildman–Crippen LogP) is 2.46. The number of halogens is 2. The molecule has 1 aliphatic carbocycles. The number of carbonyl (C=O) groups is 1. The van der Waals surface area contributed by atoms with Crippen LogP contribution in [0.4, 0.5) is 8.78 Å². The van der Waals surface area contributed by atoms with E-state index in [1.54, 1.807) is 0 Å². The third kappa shape index (κ3) is 2.10. The lowest BCUT2D eigenvalue weighted by Gasteiger charge is -2.62. The number of hydrogen-bond acceptors (Lipinski definition) is 2. The molecule has 0 atom stereocenters. The van der Waals surface area contributed by atoms with Crippen molar-refractivity contribution in [2.45, 2.75) is 39.8 Å². The number of hydrogen-bond donors (Lipinski definition) is 2. The minimum atomic E-state index is -0.860. The Bertz CT molecular complexity index is 539. The highest BCUT2D eigenvalue weighted by Crippen LogP contribution is 2.52. The average Bonchev–Trinajstić information content (AvgIpc) is 2.34. The Hall–Kier alpha value is -1.49. The molecule has 0 aromatic heterocycles. The van der Waals surface area contributed by atoms with Gasteiger partial charge in [-0.15, -0.1) is 0 Å². The molecule has 1 aromatic carbocycles. The summed E-state index contributed by atoms with van der Waals surface area (Å²) in [4.78, 5) is 12.1. The molecule has 0 aliphatic heterocycles. The van der Waals surface area contributed by atoms with Crippen LogP contribution in [0.25, 0.3) is 0 Å².